The lowest BCUT2D eigenvalue weighted by molar-refractivity contribution is -0.385. The van der Waals surface area contributed by atoms with Gasteiger partial charge < -0.3 is 14.5 Å². The minimum absolute atomic E-state index is 0.0271. The Labute approximate surface area is 161 Å². The molecule has 1 amide bonds. The van der Waals surface area contributed by atoms with E-state index in [9.17, 15) is 14.9 Å². The summed E-state index contributed by atoms with van der Waals surface area (Å²) in [5.41, 5.74) is -0.350. The number of nitrogens with one attached hydrogen (secondary N) is 1. The first-order valence-electron chi connectivity index (χ1n) is 8.56. The molecule has 1 aromatic carbocycles. The molecular weight excluding hydrogens is 374 g/mol. The molecule has 1 fully saturated rings. The molecule has 1 saturated heterocycles. The van der Waals surface area contributed by atoms with Gasteiger partial charge in [0.25, 0.3) is 11.6 Å². The number of halogens is 1. The lowest BCUT2D eigenvalue weighted by Crippen LogP contribution is -2.43. The fourth-order valence-electron chi connectivity index (χ4n) is 3.06. The second-order valence-electron chi connectivity index (χ2n) is 6.24. The Morgan fingerprint density at radius 2 is 2.07 bits per heavy atom. The van der Waals surface area contributed by atoms with E-state index in [0.29, 0.717) is 26.3 Å². The Bertz CT molecular complexity index is 832. The molecule has 0 radical (unpaired) electrons. The molecule has 8 nitrogen and oxygen atoms in total. The number of morpholine rings is 1. The molecule has 1 aliphatic rings. The summed E-state index contributed by atoms with van der Waals surface area (Å²) in [5, 5.41) is 14.2. The summed E-state index contributed by atoms with van der Waals surface area (Å²) in [6, 6.07) is 7.56. The van der Waals surface area contributed by atoms with Crippen molar-refractivity contribution in [2.24, 2.45) is 0 Å². The maximum absolute atomic E-state index is 12.6. The molecule has 2 aromatic rings. The van der Waals surface area contributed by atoms with Gasteiger partial charge in [-0.25, -0.2) is 0 Å². The number of rotatable bonds is 6. The number of ether oxygens (including phenoxy) is 1. The van der Waals surface area contributed by atoms with Crippen molar-refractivity contribution in [3.05, 3.63) is 62.6 Å². The quantitative estimate of drug-likeness (QED) is 0.598. The fourth-order valence-corrected chi connectivity index (χ4v) is 3.23. The molecule has 2 heterocycles. The van der Waals surface area contributed by atoms with Crippen LogP contribution in [0.4, 0.5) is 5.69 Å². The minimum atomic E-state index is -0.615. The molecule has 144 valence electrons. The van der Waals surface area contributed by atoms with E-state index in [0.717, 1.165) is 11.5 Å². The van der Waals surface area contributed by atoms with Crippen molar-refractivity contribution in [1.29, 1.82) is 0 Å². The molecular formula is C18H20ClN3O5. The molecule has 9 heteroatoms. The largest absolute Gasteiger partial charge is 0.465 e. The number of nitro groups is 1. The molecule has 27 heavy (non-hydrogen) atoms. The Morgan fingerprint density at radius 1 is 1.33 bits per heavy atom. The number of hydrogen-bond donors (Lipinski definition) is 1. The van der Waals surface area contributed by atoms with E-state index < -0.39 is 10.8 Å². The third-order valence-electron chi connectivity index (χ3n) is 4.43. The van der Waals surface area contributed by atoms with Gasteiger partial charge in [-0.3, -0.25) is 19.8 Å². The number of carbonyl (C=O) groups excluding carboxylic acids is 1. The van der Waals surface area contributed by atoms with Crippen LogP contribution in [-0.2, 0) is 4.74 Å². The summed E-state index contributed by atoms with van der Waals surface area (Å²) >= 11 is 5.81. The molecule has 0 aliphatic carbocycles. The van der Waals surface area contributed by atoms with Gasteiger partial charge in [-0.05, 0) is 31.2 Å². The van der Waals surface area contributed by atoms with Crippen LogP contribution in [0, 0.1) is 17.0 Å². The zero-order valence-electron chi connectivity index (χ0n) is 14.8. The van der Waals surface area contributed by atoms with Gasteiger partial charge in [-0.15, -0.1) is 0 Å². The highest BCUT2D eigenvalue weighted by Crippen LogP contribution is 2.25. The highest BCUT2D eigenvalue weighted by molar-refractivity contribution is 6.31. The molecule has 1 aliphatic heterocycles. The van der Waals surface area contributed by atoms with Gasteiger partial charge in [-0.2, -0.15) is 0 Å². The van der Waals surface area contributed by atoms with Crippen LogP contribution in [0.3, 0.4) is 0 Å². The van der Waals surface area contributed by atoms with Crippen LogP contribution < -0.4 is 5.32 Å². The van der Waals surface area contributed by atoms with E-state index in [1.807, 2.05) is 19.1 Å². The fraction of sp³-hybridized carbons (Fsp3) is 0.389. The van der Waals surface area contributed by atoms with E-state index in [1.165, 1.54) is 18.2 Å². The first-order chi connectivity index (χ1) is 13.0. The van der Waals surface area contributed by atoms with E-state index in [1.54, 1.807) is 0 Å². The number of hydrogen-bond acceptors (Lipinski definition) is 6. The van der Waals surface area contributed by atoms with Crippen molar-refractivity contribution >= 4 is 23.2 Å². The maximum atomic E-state index is 12.6. The van der Waals surface area contributed by atoms with Crippen LogP contribution in [0.15, 0.2) is 34.7 Å². The Balaban J connectivity index is 1.77. The summed E-state index contributed by atoms with van der Waals surface area (Å²) in [6.07, 6.45) is 0. The summed E-state index contributed by atoms with van der Waals surface area (Å²) in [4.78, 5) is 25.3. The minimum Gasteiger partial charge on any atom is -0.465 e. The number of aryl methyl sites for hydroxylation is 1. The van der Waals surface area contributed by atoms with Crippen LogP contribution in [0.2, 0.25) is 5.02 Å². The summed E-state index contributed by atoms with van der Waals surface area (Å²) in [5.74, 6) is 0.989. The number of benzene rings is 1. The lowest BCUT2D eigenvalue weighted by atomic mass is 10.1. The van der Waals surface area contributed by atoms with Gasteiger partial charge in [0.05, 0.1) is 24.2 Å². The highest BCUT2D eigenvalue weighted by atomic mass is 35.5. The third kappa shape index (κ3) is 4.65. The van der Waals surface area contributed by atoms with Crippen LogP contribution in [0.25, 0.3) is 0 Å². The van der Waals surface area contributed by atoms with Gasteiger partial charge in [-0.1, -0.05) is 11.6 Å². The van der Waals surface area contributed by atoms with Gasteiger partial charge >= 0.3 is 0 Å². The molecule has 1 unspecified atom stereocenters. The van der Waals surface area contributed by atoms with E-state index >= 15 is 0 Å². The van der Waals surface area contributed by atoms with Crippen molar-refractivity contribution in [2.45, 2.75) is 13.0 Å². The molecule has 0 saturated carbocycles. The Hall–Kier alpha value is -2.42. The van der Waals surface area contributed by atoms with Gasteiger partial charge in [0.15, 0.2) is 0 Å². The number of amides is 1. The Morgan fingerprint density at radius 3 is 2.70 bits per heavy atom. The summed E-state index contributed by atoms with van der Waals surface area (Å²) in [7, 11) is 0. The molecule has 0 bridgehead atoms. The van der Waals surface area contributed by atoms with E-state index in [4.69, 9.17) is 20.8 Å². The van der Waals surface area contributed by atoms with Crippen molar-refractivity contribution in [1.82, 2.24) is 10.2 Å². The predicted octanol–water partition coefficient (Wildman–Crippen LogP) is 2.95. The third-order valence-corrected chi connectivity index (χ3v) is 4.67. The number of carbonyl (C=O) groups is 1. The van der Waals surface area contributed by atoms with Crippen LogP contribution in [-0.4, -0.2) is 48.6 Å². The van der Waals surface area contributed by atoms with Crippen LogP contribution in [0.5, 0.6) is 0 Å². The molecule has 3 rings (SSSR count). The Kier molecular flexibility index (Phi) is 6.10. The maximum Gasteiger partial charge on any atom is 0.283 e. The standard InChI is InChI=1S/C18H20ClN3O5/c1-12-2-5-17(27-12)16(21-6-8-26-9-7-21)11-20-18(23)14-4-3-13(19)10-15(14)22(24)25/h2-5,10,16H,6-9,11H2,1H3,(H,20,23). The van der Waals surface area contributed by atoms with Crippen molar-refractivity contribution in [3.63, 3.8) is 0 Å². The smallest absolute Gasteiger partial charge is 0.283 e. The molecule has 0 spiro atoms. The highest BCUT2D eigenvalue weighted by Gasteiger charge is 2.27. The number of nitrogens with zero attached hydrogens (tertiary/aromatic N) is 2. The van der Waals surface area contributed by atoms with Crippen molar-refractivity contribution in [3.8, 4) is 0 Å². The van der Waals surface area contributed by atoms with Crippen molar-refractivity contribution < 1.29 is 18.9 Å². The van der Waals surface area contributed by atoms with E-state index in [2.05, 4.69) is 10.2 Å². The average Bonchev–Trinajstić information content (AvgIpc) is 3.08. The normalized spacial score (nSPS) is 16.1. The topological polar surface area (TPSA) is 97.8 Å². The first-order valence-corrected chi connectivity index (χ1v) is 8.94. The van der Waals surface area contributed by atoms with Crippen LogP contribution in [0.1, 0.15) is 27.9 Å². The zero-order chi connectivity index (χ0) is 19.4. The molecule has 1 atom stereocenters. The summed E-state index contributed by atoms with van der Waals surface area (Å²) in [6.45, 7) is 4.74. The first kappa shape index (κ1) is 19.3. The second-order valence-corrected chi connectivity index (χ2v) is 6.68. The number of furan rings is 1. The predicted molar refractivity (Wildman–Crippen MR) is 99.0 cm³/mol. The number of nitro benzene ring substituents is 1. The van der Waals surface area contributed by atoms with Crippen molar-refractivity contribution in [2.75, 3.05) is 32.8 Å². The van der Waals surface area contributed by atoms with E-state index in [-0.39, 0.29) is 28.9 Å². The monoisotopic (exact) mass is 393 g/mol. The molecule has 1 aromatic heterocycles. The molecule has 1 N–H and O–H groups in total. The SMILES string of the molecule is Cc1ccc(C(CNC(=O)c2ccc(Cl)cc2[N+](=O)[O-])N2CCOCC2)o1. The van der Waals surface area contributed by atoms with Crippen LogP contribution >= 0.6 is 11.6 Å². The average molecular weight is 394 g/mol. The second kappa shape index (κ2) is 8.51. The van der Waals surface area contributed by atoms with Gasteiger partial charge in [0.1, 0.15) is 17.1 Å². The van der Waals surface area contributed by atoms with Gasteiger partial charge in [0, 0.05) is 30.7 Å². The zero-order valence-corrected chi connectivity index (χ0v) is 15.6. The van der Waals surface area contributed by atoms with Gasteiger partial charge in [0.2, 0.25) is 0 Å². The summed E-state index contributed by atoms with van der Waals surface area (Å²) < 4.78 is 11.1. The lowest BCUT2D eigenvalue weighted by Gasteiger charge is -2.33.